The summed E-state index contributed by atoms with van der Waals surface area (Å²) in [5, 5.41) is 4.94. The van der Waals surface area contributed by atoms with Crippen LogP contribution in [0.25, 0.3) is 0 Å². The molecule has 3 heteroatoms. The number of nitrogens with one attached hydrogen (secondary N) is 1. The molecule has 2 fully saturated rings. The molecule has 20 heavy (non-hydrogen) atoms. The Kier molecular flexibility index (Phi) is 4.05. The summed E-state index contributed by atoms with van der Waals surface area (Å²) in [6, 6.07) is 6.01. The molecule has 0 unspecified atom stereocenters. The van der Waals surface area contributed by atoms with Crippen molar-refractivity contribution in [3.8, 4) is 0 Å². The molecule has 2 aliphatic rings. The molecule has 1 spiro atoms. The maximum Gasteiger partial charge on any atom is 0.0458 e. The zero-order valence-corrected chi connectivity index (χ0v) is 13.7. The first-order valence-electron chi connectivity index (χ1n) is 7.69. The van der Waals surface area contributed by atoms with Crippen LogP contribution in [0, 0.1) is 5.41 Å². The lowest BCUT2D eigenvalue weighted by atomic mass is 9.46. The quantitative estimate of drug-likeness (QED) is 0.809. The molecule has 1 nitrogen and oxygen atoms in total. The summed E-state index contributed by atoms with van der Waals surface area (Å²) in [5.41, 5.74) is 2.10. The molecule has 1 aromatic rings. The molecule has 0 atom stereocenters. The van der Waals surface area contributed by atoms with E-state index >= 15 is 0 Å². The highest BCUT2D eigenvalue weighted by Crippen LogP contribution is 2.62. The molecule has 0 amide bonds. The van der Waals surface area contributed by atoms with Crippen LogP contribution >= 0.6 is 23.2 Å². The van der Waals surface area contributed by atoms with E-state index in [9.17, 15) is 0 Å². The second kappa shape index (κ2) is 5.51. The summed E-state index contributed by atoms with van der Waals surface area (Å²) in [4.78, 5) is 0. The van der Waals surface area contributed by atoms with E-state index in [4.69, 9.17) is 23.2 Å². The topological polar surface area (TPSA) is 12.0 Å². The van der Waals surface area contributed by atoms with Crippen LogP contribution in [0.5, 0.6) is 0 Å². The molecule has 110 valence electrons. The van der Waals surface area contributed by atoms with Gasteiger partial charge in [-0.15, -0.1) is 0 Å². The van der Waals surface area contributed by atoms with Crippen molar-refractivity contribution in [3.05, 3.63) is 33.8 Å². The fourth-order valence-corrected chi connectivity index (χ4v) is 5.32. The van der Waals surface area contributed by atoms with Crippen LogP contribution in [0.4, 0.5) is 0 Å². The van der Waals surface area contributed by atoms with E-state index < -0.39 is 0 Å². The van der Waals surface area contributed by atoms with Crippen molar-refractivity contribution >= 4 is 23.2 Å². The highest BCUT2D eigenvalue weighted by molar-refractivity contribution is 6.35. The molecule has 0 radical (unpaired) electrons. The number of benzene rings is 1. The van der Waals surface area contributed by atoms with E-state index in [1.807, 2.05) is 19.2 Å². The predicted molar refractivity (Wildman–Crippen MR) is 86.8 cm³/mol. The summed E-state index contributed by atoms with van der Waals surface area (Å²) in [5.74, 6) is 0. The smallest absolute Gasteiger partial charge is 0.0458 e. The average Bonchev–Trinajstić information content (AvgIpc) is 2.38. The Morgan fingerprint density at radius 2 is 1.80 bits per heavy atom. The molecule has 0 saturated heterocycles. The summed E-state index contributed by atoms with van der Waals surface area (Å²) < 4.78 is 0. The Morgan fingerprint density at radius 1 is 1.10 bits per heavy atom. The van der Waals surface area contributed by atoms with Crippen LogP contribution in [0.2, 0.25) is 10.0 Å². The van der Waals surface area contributed by atoms with Crippen molar-refractivity contribution in [3.63, 3.8) is 0 Å². The Morgan fingerprint density at radius 3 is 2.40 bits per heavy atom. The number of hydrogen-bond acceptors (Lipinski definition) is 1. The maximum atomic E-state index is 6.48. The maximum absolute atomic E-state index is 6.48. The summed E-state index contributed by atoms with van der Waals surface area (Å²) in [7, 11) is 2.04. The first-order valence-corrected chi connectivity index (χ1v) is 8.45. The Labute approximate surface area is 132 Å². The third-order valence-electron chi connectivity index (χ3n) is 5.36. The molecule has 2 saturated carbocycles. The van der Waals surface area contributed by atoms with Crippen molar-refractivity contribution in [1.82, 2.24) is 5.32 Å². The second-order valence-corrected chi connectivity index (χ2v) is 7.69. The van der Waals surface area contributed by atoms with Gasteiger partial charge < -0.3 is 5.32 Å². The van der Waals surface area contributed by atoms with Gasteiger partial charge in [-0.25, -0.2) is 0 Å². The molecule has 0 heterocycles. The van der Waals surface area contributed by atoms with E-state index in [1.165, 1.54) is 50.5 Å². The molecular formula is C17H23Cl2N. The van der Waals surface area contributed by atoms with Crippen LogP contribution in [-0.4, -0.2) is 13.6 Å². The minimum atomic E-state index is 0.216. The SMILES string of the molecule is CNCC1(c2ccc(Cl)cc2Cl)CC2(CCCCC2)C1. The third kappa shape index (κ3) is 2.49. The number of halogens is 2. The largest absolute Gasteiger partial charge is 0.319 e. The van der Waals surface area contributed by atoms with Crippen molar-refractivity contribution in [1.29, 1.82) is 0 Å². The zero-order valence-electron chi connectivity index (χ0n) is 12.1. The van der Waals surface area contributed by atoms with Gasteiger partial charge in [-0.3, -0.25) is 0 Å². The third-order valence-corrected chi connectivity index (χ3v) is 5.91. The first kappa shape index (κ1) is 14.7. The second-order valence-electron chi connectivity index (χ2n) is 6.85. The molecule has 1 aromatic carbocycles. The minimum absolute atomic E-state index is 0.216. The lowest BCUT2D eigenvalue weighted by Crippen LogP contribution is -2.55. The van der Waals surface area contributed by atoms with E-state index in [1.54, 1.807) is 0 Å². The molecule has 1 N–H and O–H groups in total. The van der Waals surface area contributed by atoms with Gasteiger partial charge in [0.2, 0.25) is 0 Å². The average molecular weight is 312 g/mol. The van der Waals surface area contributed by atoms with Crippen LogP contribution in [0.15, 0.2) is 18.2 Å². The molecule has 0 aromatic heterocycles. The lowest BCUT2D eigenvalue weighted by Gasteiger charge is -2.59. The van der Waals surface area contributed by atoms with Gasteiger partial charge in [-0.05, 0) is 55.8 Å². The zero-order chi connectivity index (χ0) is 14.2. The predicted octanol–water partition coefficient (Wildman–Crippen LogP) is 5.19. The summed E-state index contributed by atoms with van der Waals surface area (Å²) in [6.07, 6.45) is 9.61. The number of likely N-dealkylation sites (N-methyl/N-ethyl adjacent to an activating group) is 1. The molecule has 2 aliphatic carbocycles. The molecule has 0 aliphatic heterocycles. The lowest BCUT2D eigenvalue weighted by molar-refractivity contribution is -0.0118. The van der Waals surface area contributed by atoms with Crippen molar-refractivity contribution in [2.75, 3.05) is 13.6 Å². The first-order chi connectivity index (χ1) is 9.59. The van der Waals surface area contributed by atoms with Gasteiger partial charge in [0.25, 0.3) is 0 Å². The van der Waals surface area contributed by atoms with Crippen molar-refractivity contribution in [2.45, 2.75) is 50.4 Å². The monoisotopic (exact) mass is 311 g/mol. The normalized spacial score (nSPS) is 23.6. The van der Waals surface area contributed by atoms with E-state index in [0.29, 0.717) is 5.41 Å². The Balaban J connectivity index is 1.87. The minimum Gasteiger partial charge on any atom is -0.319 e. The van der Waals surface area contributed by atoms with Crippen LogP contribution in [-0.2, 0) is 5.41 Å². The Bertz CT molecular complexity index is 484. The number of rotatable bonds is 3. The van der Waals surface area contributed by atoms with Gasteiger partial charge in [-0.2, -0.15) is 0 Å². The van der Waals surface area contributed by atoms with Gasteiger partial charge in [0, 0.05) is 22.0 Å². The molecule has 0 bridgehead atoms. The highest BCUT2D eigenvalue weighted by atomic mass is 35.5. The van der Waals surface area contributed by atoms with Gasteiger partial charge in [0.05, 0.1) is 0 Å². The number of hydrogen-bond donors (Lipinski definition) is 1. The van der Waals surface area contributed by atoms with Crippen LogP contribution in [0.1, 0.15) is 50.5 Å². The van der Waals surface area contributed by atoms with Crippen molar-refractivity contribution in [2.24, 2.45) is 5.41 Å². The van der Waals surface area contributed by atoms with E-state index in [2.05, 4.69) is 11.4 Å². The van der Waals surface area contributed by atoms with Gasteiger partial charge in [-0.1, -0.05) is 48.5 Å². The summed E-state index contributed by atoms with van der Waals surface area (Å²) >= 11 is 12.5. The molecular weight excluding hydrogens is 289 g/mol. The van der Waals surface area contributed by atoms with Gasteiger partial charge >= 0.3 is 0 Å². The van der Waals surface area contributed by atoms with Crippen molar-refractivity contribution < 1.29 is 0 Å². The molecule has 3 rings (SSSR count). The van der Waals surface area contributed by atoms with Gasteiger partial charge in [0.1, 0.15) is 0 Å². The van der Waals surface area contributed by atoms with E-state index in [0.717, 1.165) is 16.6 Å². The summed E-state index contributed by atoms with van der Waals surface area (Å²) in [6.45, 7) is 1.01. The standard InChI is InChI=1S/C17H23Cl2N/c1-20-12-17(14-6-5-13(18)9-15(14)19)10-16(11-17)7-3-2-4-8-16/h5-6,9,20H,2-4,7-8,10-12H2,1H3. The highest BCUT2D eigenvalue weighted by Gasteiger charge is 2.55. The van der Waals surface area contributed by atoms with Crippen LogP contribution in [0.3, 0.4) is 0 Å². The fraction of sp³-hybridized carbons (Fsp3) is 0.647. The van der Waals surface area contributed by atoms with Crippen LogP contribution < -0.4 is 5.32 Å². The van der Waals surface area contributed by atoms with E-state index in [-0.39, 0.29) is 5.41 Å². The fourth-order valence-electron chi connectivity index (χ4n) is 4.71. The Hall–Kier alpha value is -0.240. The van der Waals surface area contributed by atoms with Gasteiger partial charge in [0.15, 0.2) is 0 Å².